The molecule has 0 radical (unpaired) electrons. The number of hydrogen-bond donors (Lipinski definition) is 2. The lowest BCUT2D eigenvalue weighted by Gasteiger charge is -2.22. The summed E-state index contributed by atoms with van der Waals surface area (Å²) in [4.78, 5) is 11.3. The van der Waals surface area contributed by atoms with Crippen molar-refractivity contribution in [3.05, 3.63) is 24.2 Å². The SMILES string of the molecule is CN=C(NCc1nc(-c2ccco2)n[nH]1)N1CC2CCCCC2C1. The molecule has 2 aromatic heterocycles. The maximum absolute atomic E-state index is 5.32. The molecule has 2 unspecified atom stereocenters. The minimum Gasteiger partial charge on any atom is -0.461 e. The van der Waals surface area contributed by atoms with Crippen molar-refractivity contribution >= 4 is 5.96 Å². The van der Waals surface area contributed by atoms with Gasteiger partial charge in [0.05, 0.1) is 12.8 Å². The molecule has 2 fully saturated rings. The van der Waals surface area contributed by atoms with Gasteiger partial charge in [-0.05, 0) is 36.8 Å². The van der Waals surface area contributed by atoms with Crippen LogP contribution in [0.1, 0.15) is 31.5 Å². The van der Waals surface area contributed by atoms with Crippen LogP contribution in [0.4, 0.5) is 0 Å². The van der Waals surface area contributed by atoms with E-state index in [4.69, 9.17) is 4.42 Å². The zero-order chi connectivity index (χ0) is 16.4. The molecule has 1 aliphatic heterocycles. The molecular weight excluding hydrogens is 304 g/mol. The zero-order valence-electron chi connectivity index (χ0n) is 14.0. The average molecular weight is 328 g/mol. The van der Waals surface area contributed by atoms with Crippen LogP contribution < -0.4 is 5.32 Å². The highest BCUT2D eigenvalue weighted by Crippen LogP contribution is 2.35. The van der Waals surface area contributed by atoms with E-state index in [9.17, 15) is 0 Å². The molecule has 1 saturated carbocycles. The first kappa shape index (κ1) is 15.2. The van der Waals surface area contributed by atoms with Crippen molar-refractivity contribution in [2.24, 2.45) is 16.8 Å². The predicted molar refractivity (Wildman–Crippen MR) is 91.3 cm³/mol. The van der Waals surface area contributed by atoms with Gasteiger partial charge >= 0.3 is 0 Å². The van der Waals surface area contributed by atoms with E-state index < -0.39 is 0 Å². The van der Waals surface area contributed by atoms with Crippen molar-refractivity contribution in [3.8, 4) is 11.6 Å². The third kappa shape index (κ3) is 3.02. The van der Waals surface area contributed by atoms with Crippen LogP contribution in [-0.4, -0.2) is 46.2 Å². The van der Waals surface area contributed by atoms with Gasteiger partial charge in [0.15, 0.2) is 11.7 Å². The quantitative estimate of drug-likeness (QED) is 0.667. The third-order valence-electron chi connectivity index (χ3n) is 5.17. The molecule has 2 N–H and O–H groups in total. The molecular formula is C17H24N6O. The van der Waals surface area contributed by atoms with Crippen molar-refractivity contribution in [2.75, 3.05) is 20.1 Å². The fourth-order valence-corrected chi connectivity index (χ4v) is 3.96. The maximum atomic E-state index is 5.32. The highest BCUT2D eigenvalue weighted by atomic mass is 16.3. The van der Waals surface area contributed by atoms with E-state index in [1.165, 1.54) is 25.7 Å². The number of aromatic amines is 1. The number of hydrogen-bond acceptors (Lipinski definition) is 4. The molecule has 2 aromatic rings. The highest BCUT2D eigenvalue weighted by molar-refractivity contribution is 5.80. The molecule has 7 heteroatoms. The molecule has 2 aliphatic rings. The summed E-state index contributed by atoms with van der Waals surface area (Å²) in [5.41, 5.74) is 0. The lowest BCUT2D eigenvalue weighted by atomic mass is 9.82. The molecule has 2 atom stereocenters. The van der Waals surface area contributed by atoms with Gasteiger partial charge < -0.3 is 14.6 Å². The number of H-pyrrole nitrogens is 1. The Hall–Kier alpha value is -2.31. The fourth-order valence-electron chi connectivity index (χ4n) is 3.96. The van der Waals surface area contributed by atoms with Gasteiger partial charge in [-0.2, -0.15) is 0 Å². The van der Waals surface area contributed by atoms with Crippen LogP contribution in [0.25, 0.3) is 11.6 Å². The van der Waals surface area contributed by atoms with Gasteiger partial charge in [-0.15, -0.1) is 5.10 Å². The van der Waals surface area contributed by atoms with E-state index in [2.05, 4.69) is 30.4 Å². The summed E-state index contributed by atoms with van der Waals surface area (Å²) in [6.07, 6.45) is 7.13. The number of fused-ring (bicyclic) bond motifs is 1. The van der Waals surface area contributed by atoms with E-state index in [1.807, 2.05) is 19.2 Å². The Labute approximate surface area is 141 Å². The lowest BCUT2D eigenvalue weighted by molar-refractivity contribution is 0.299. The van der Waals surface area contributed by atoms with Gasteiger partial charge in [0, 0.05) is 20.1 Å². The Bertz CT molecular complexity index is 678. The van der Waals surface area contributed by atoms with Crippen molar-refractivity contribution in [1.29, 1.82) is 0 Å². The second-order valence-electron chi connectivity index (χ2n) is 6.69. The normalized spacial score (nSPS) is 24.2. The van der Waals surface area contributed by atoms with E-state index >= 15 is 0 Å². The van der Waals surface area contributed by atoms with E-state index in [-0.39, 0.29) is 0 Å². The van der Waals surface area contributed by atoms with E-state index in [1.54, 1.807) is 6.26 Å². The Kier molecular flexibility index (Phi) is 4.23. The van der Waals surface area contributed by atoms with Crippen molar-refractivity contribution in [3.63, 3.8) is 0 Å². The fraction of sp³-hybridized carbons (Fsp3) is 0.588. The minimum atomic E-state index is 0.576. The van der Waals surface area contributed by atoms with Crippen LogP contribution in [0, 0.1) is 11.8 Å². The summed E-state index contributed by atoms with van der Waals surface area (Å²) in [6.45, 7) is 2.82. The minimum absolute atomic E-state index is 0.576. The van der Waals surface area contributed by atoms with Crippen LogP contribution in [-0.2, 0) is 6.54 Å². The Morgan fingerprint density at radius 1 is 1.38 bits per heavy atom. The van der Waals surface area contributed by atoms with Crippen LogP contribution in [0.2, 0.25) is 0 Å². The number of furan rings is 1. The van der Waals surface area contributed by atoms with E-state index in [0.717, 1.165) is 36.7 Å². The maximum Gasteiger partial charge on any atom is 0.216 e. The zero-order valence-corrected chi connectivity index (χ0v) is 14.0. The molecule has 1 aliphatic carbocycles. The highest BCUT2D eigenvalue weighted by Gasteiger charge is 2.35. The molecule has 0 bridgehead atoms. The number of nitrogens with zero attached hydrogens (tertiary/aromatic N) is 4. The Morgan fingerprint density at radius 2 is 2.17 bits per heavy atom. The summed E-state index contributed by atoms with van der Waals surface area (Å²) < 4.78 is 5.32. The van der Waals surface area contributed by atoms with Crippen LogP contribution in [0.3, 0.4) is 0 Å². The standard InChI is InChI=1S/C17H24N6O/c1-18-17(23-10-12-5-2-3-6-13(12)11-23)19-9-15-20-16(22-21-15)14-7-4-8-24-14/h4,7-8,12-13H,2-3,5-6,9-11H2,1H3,(H,18,19)(H,20,21,22). The Morgan fingerprint density at radius 3 is 2.83 bits per heavy atom. The van der Waals surface area contributed by atoms with Crippen molar-refractivity contribution in [1.82, 2.24) is 25.4 Å². The first-order valence-corrected chi connectivity index (χ1v) is 8.74. The summed E-state index contributed by atoms with van der Waals surface area (Å²) in [7, 11) is 1.85. The van der Waals surface area contributed by atoms with Gasteiger partial charge in [-0.3, -0.25) is 10.1 Å². The predicted octanol–water partition coefficient (Wildman–Crippen LogP) is 2.26. The van der Waals surface area contributed by atoms with Gasteiger partial charge in [-0.25, -0.2) is 4.98 Å². The number of aliphatic imine (C=N–C) groups is 1. The van der Waals surface area contributed by atoms with Gasteiger partial charge in [0.1, 0.15) is 5.82 Å². The topological polar surface area (TPSA) is 82.3 Å². The molecule has 1 saturated heterocycles. The monoisotopic (exact) mass is 328 g/mol. The van der Waals surface area contributed by atoms with Crippen LogP contribution >= 0.6 is 0 Å². The largest absolute Gasteiger partial charge is 0.461 e. The second-order valence-corrected chi connectivity index (χ2v) is 6.69. The number of nitrogens with one attached hydrogen (secondary N) is 2. The van der Waals surface area contributed by atoms with Crippen molar-refractivity contribution in [2.45, 2.75) is 32.2 Å². The van der Waals surface area contributed by atoms with Gasteiger partial charge in [0.2, 0.25) is 5.82 Å². The number of likely N-dealkylation sites (tertiary alicyclic amines) is 1. The van der Waals surface area contributed by atoms with Crippen LogP contribution in [0.5, 0.6) is 0 Å². The number of guanidine groups is 1. The summed E-state index contributed by atoms with van der Waals surface area (Å²) in [5.74, 6) is 4.67. The smallest absolute Gasteiger partial charge is 0.216 e. The van der Waals surface area contributed by atoms with E-state index in [0.29, 0.717) is 18.1 Å². The molecule has 0 aromatic carbocycles. The average Bonchev–Trinajstić information content (AvgIpc) is 3.35. The van der Waals surface area contributed by atoms with Gasteiger partial charge in [0.25, 0.3) is 0 Å². The summed E-state index contributed by atoms with van der Waals surface area (Å²) >= 11 is 0. The second kappa shape index (κ2) is 6.67. The third-order valence-corrected chi connectivity index (χ3v) is 5.17. The summed E-state index contributed by atoms with van der Waals surface area (Å²) in [6, 6.07) is 3.68. The molecule has 4 rings (SSSR count). The lowest BCUT2D eigenvalue weighted by Crippen LogP contribution is -2.40. The first-order valence-electron chi connectivity index (χ1n) is 8.74. The summed E-state index contributed by atoms with van der Waals surface area (Å²) in [5, 5.41) is 10.6. The van der Waals surface area contributed by atoms with Gasteiger partial charge in [-0.1, -0.05) is 12.8 Å². The number of aromatic nitrogens is 3. The van der Waals surface area contributed by atoms with Crippen LogP contribution in [0.15, 0.2) is 27.8 Å². The molecule has 7 nitrogen and oxygen atoms in total. The molecule has 0 spiro atoms. The number of rotatable bonds is 3. The molecule has 128 valence electrons. The molecule has 3 heterocycles. The Balaban J connectivity index is 1.36. The molecule has 24 heavy (non-hydrogen) atoms. The molecule has 0 amide bonds. The first-order chi connectivity index (χ1) is 11.8. The van der Waals surface area contributed by atoms with Crippen molar-refractivity contribution < 1.29 is 4.42 Å².